The zero-order valence-electron chi connectivity index (χ0n) is 16.7. The first-order valence-electron chi connectivity index (χ1n) is 10.1. The number of halogens is 1. The lowest BCUT2D eigenvalue weighted by Crippen LogP contribution is -2.47. The second-order valence-corrected chi connectivity index (χ2v) is 7.14. The van der Waals surface area contributed by atoms with E-state index in [4.69, 9.17) is 4.98 Å². The normalized spacial score (nSPS) is 14.1. The average molecular weight is 391 g/mol. The van der Waals surface area contributed by atoms with E-state index in [9.17, 15) is 4.39 Å². The molecule has 6 heteroatoms. The smallest absolute Gasteiger partial charge is 0.227 e. The molecule has 150 valence electrons. The molecule has 0 bridgehead atoms. The van der Waals surface area contributed by atoms with Crippen LogP contribution < -0.4 is 14.7 Å². The van der Waals surface area contributed by atoms with Gasteiger partial charge in [0.2, 0.25) is 5.95 Å². The van der Waals surface area contributed by atoms with E-state index in [-0.39, 0.29) is 5.82 Å². The summed E-state index contributed by atoms with van der Waals surface area (Å²) in [4.78, 5) is 15.8. The standard InChI is InChI=1S/C23H26FN5/c1-2-27(18-19-8-4-3-5-9-19)22-12-13-25-23(26-22)29-16-14-28(15-17-29)21-11-7-6-10-20(21)24/h3-13H,2,14-18H2,1H3. The zero-order valence-corrected chi connectivity index (χ0v) is 16.7. The first-order chi connectivity index (χ1) is 14.2. The van der Waals surface area contributed by atoms with Crippen molar-refractivity contribution in [3.8, 4) is 0 Å². The second-order valence-electron chi connectivity index (χ2n) is 7.14. The van der Waals surface area contributed by atoms with E-state index in [1.807, 2.05) is 30.5 Å². The molecule has 2 heterocycles. The molecule has 1 aliphatic heterocycles. The Morgan fingerprint density at radius 3 is 2.31 bits per heavy atom. The fourth-order valence-corrected chi connectivity index (χ4v) is 3.68. The molecule has 0 atom stereocenters. The molecular weight excluding hydrogens is 365 g/mol. The number of hydrogen-bond acceptors (Lipinski definition) is 5. The first-order valence-corrected chi connectivity index (χ1v) is 10.1. The molecule has 4 rings (SSSR count). The van der Waals surface area contributed by atoms with Crippen LogP contribution in [0.15, 0.2) is 66.9 Å². The van der Waals surface area contributed by atoms with Crippen molar-refractivity contribution in [2.24, 2.45) is 0 Å². The number of nitrogens with zero attached hydrogens (tertiary/aromatic N) is 5. The van der Waals surface area contributed by atoms with E-state index in [1.54, 1.807) is 6.07 Å². The Labute approximate surface area is 171 Å². The van der Waals surface area contributed by atoms with E-state index in [0.29, 0.717) is 5.69 Å². The summed E-state index contributed by atoms with van der Waals surface area (Å²) in [6.45, 7) is 6.84. The van der Waals surface area contributed by atoms with E-state index >= 15 is 0 Å². The van der Waals surface area contributed by atoms with E-state index in [1.165, 1.54) is 11.6 Å². The number of benzene rings is 2. The third kappa shape index (κ3) is 4.47. The van der Waals surface area contributed by atoms with Crippen LogP contribution in [0.2, 0.25) is 0 Å². The van der Waals surface area contributed by atoms with Crippen LogP contribution in [0.4, 0.5) is 21.8 Å². The predicted octanol–water partition coefficient (Wildman–Crippen LogP) is 3.97. The third-order valence-corrected chi connectivity index (χ3v) is 5.31. The summed E-state index contributed by atoms with van der Waals surface area (Å²) in [5, 5.41) is 0. The largest absolute Gasteiger partial charge is 0.366 e. The first kappa shape index (κ1) is 19.2. The van der Waals surface area contributed by atoms with Gasteiger partial charge in [-0.1, -0.05) is 42.5 Å². The van der Waals surface area contributed by atoms with Crippen LogP contribution in [0.3, 0.4) is 0 Å². The average Bonchev–Trinajstić information content (AvgIpc) is 2.79. The molecule has 1 saturated heterocycles. The maximum atomic E-state index is 14.1. The van der Waals surface area contributed by atoms with Gasteiger partial charge in [-0.15, -0.1) is 0 Å². The lowest BCUT2D eigenvalue weighted by atomic mass is 10.2. The lowest BCUT2D eigenvalue weighted by Gasteiger charge is -2.36. The molecule has 0 saturated carbocycles. The van der Waals surface area contributed by atoms with Crippen molar-refractivity contribution in [2.45, 2.75) is 13.5 Å². The molecule has 29 heavy (non-hydrogen) atoms. The lowest BCUT2D eigenvalue weighted by molar-refractivity contribution is 0.593. The van der Waals surface area contributed by atoms with E-state index in [0.717, 1.165) is 51.0 Å². The topological polar surface area (TPSA) is 35.5 Å². The van der Waals surface area contributed by atoms with Gasteiger partial charge in [-0.05, 0) is 30.7 Å². The Morgan fingerprint density at radius 2 is 1.59 bits per heavy atom. The van der Waals surface area contributed by atoms with Crippen molar-refractivity contribution in [2.75, 3.05) is 47.4 Å². The highest BCUT2D eigenvalue weighted by atomic mass is 19.1. The highest BCUT2D eigenvalue weighted by molar-refractivity contribution is 5.50. The Morgan fingerprint density at radius 1 is 0.897 bits per heavy atom. The van der Waals surface area contributed by atoms with Crippen LogP contribution in [-0.2, 0) is 6.54 Å². The summed E-state index contributed by atoms with van der Waals surface area (Å²) in [5.41, 5.74) is 1.93. The van der Waals surface area contributed by atoms with Crippen LogP contribution in [0, 0.1) is 5.82 Å². The van der Waals surface area contributed by atoms with Gasteiger partial charge >= 0.3 is 0 Å². The second kappa shape index (κ2) is 8.90. The van der Waals surface area contributed by atoms with Crippen LogP contribution in [-0.4, -0.2) is 42.7 Å². The van der Waals surface area contributed by atoms with E-state index in [2.05, 4.69) is 50.9 Å². The summed E-state index contributed by atoms with van der Waals surface area (Å²) in [5.74, 6) is 1.50. The summed E-state index contributed by atoms with van der Waals surface area (Å²) < 4.78 is 14.1. The number of piperazine rings is 1. The number of aromatic nitrogens is 2. The van der Waals surface area contributed by atoms with Crippen molar-refractivity contribution in [1.82, 2.24) is 9.97 Å². The van der Waals surface area contributed by atoms with Gasteiger partial charge in [-0.25, -0.2) is 9.37 Å². The van der Waals surface area contributed by atoms with Crippen molar-refractivity contribution in [3.05, 3.63) is 78.2 Å². The summed E-state index contributed by atoms with van der Waals surface area (Å²) in [6.07, 6.45) is 1.83. The van der Waals surface area contributed by atoms with Gasteiger partial charge in [0.1, 0.15) is 11.6 Å². The molecule has 3 aromatic rings. The Bertz CT molecular complexity index is 925. The van der Waals surface area contributed by atoms with Gasteiger partial charge in [-0.3, -0.25) is 0 Å². The number of para-hydroxylation sites is 1. The number of hydrogen-bond donors (Lipinski definition) is 0. The molecule has 2 aromatic carbocycles. The fourth-order valence-electron chi connectivity index (χ4n) is 3.68. The molecule has 0 unspecified atom stereocenters. The highest BCUT2D eigenvalue weighted by Gasteiger charge is 2.21. The number of anilines is 3. The predicted molar refractivity (Wildman–Crippen MR) is 116 cm³/mol. The Kier molecular flexibility index (Phi) is 5.89. The molecule has 0 amide bonds. The van der Waals surface area contributed by atoms with Crippen LogP contribution in [0.5, 0.6) is 0 Å². The van der Waals surface area contributed by atoms with Gasteiger partial charge in [-0.2, -0.15) is 4.98 Å². The minimum atomic E-state index is -0.168. The SMILES string of the molecule is CCN(Cc1ccccc1)c1ccnc(N2CCN(c3ccccc3F)CC2)n1. The minimum Gasteiger partial charge on any atom is -0.366 e. The molecule has 0 aliphatic carbocycles. The Hall–Kier alpha value is -3.15. The highest BCUT2D eigenvalue weighted by Crippen LogP contribution is 2.22. The molecule has 1 aliphatic rings. The van der Waals surface area contributed by atoms with Crippen molar-refractivity contribution < 1.29 is 4.39 Å². The molecular formula is C23H26FN5. The van der Waals surface area contributed by atoms with Crippen molar-refractivity contribution in [1.29, 1.82) is 0 Å². The van der Waals surface area contributed by atoms with Crippen LogP contribution in [0.1, 0.15) is 12.5 Å². The monoisotopic (exact) mass is 391 g/mol. The number of rotatable bonds is 6. The van der Waals surface area contributed by atoms with Crippen molar-refractivity contribution >= 4 is 17.5 Å². The maximum absolute atomic E-state index is 14.1. The third-order valence-electron chi connectivity index (χ3n) is 5.31. The van der Waals surface area contributed by atoms with Gasteiger partial charge < -0.3 is 14.7 Å². The Balaban J connectivity index is 1.44. The minimum absolute atomic E-state index is 0.168. The summed E-state index contributed by atoms with van der Waals surface area (Å²) in [7, 11) is 0. The fraction of sp³-hybridized carbons (Fsp3) is 0.304. The van der Waals surface area contributed by atoms with Crippen LogP contribution >= 0.6 is 0 Å². The van der Waals surface area contributed by atoms with E-state index < -0.39 is 0 Å². The molecule has 0 spiro atoms. The molecule has 0 N–H and O–H groups in total. The summed E-state index contributed by atoms with van der Waals surface area (Å²) in [6, 6.07) is 19.3. The molecule has 0 radical (unpaired) electrons. The molecule has 1 aromatic heterocycles. The zero-order chi connectivity index (χ0) is 20.1. The van der Waals surface area contributed by atoms with Crippen LogP contribution in [0.25, 0.3) is 0 Å². The van der Waals surface area contributed by atoms with Crippen molar-refractivity contribution in [3.63, 3.8) is 0 Å². The summed E-state index contributed by atoms with van der Waals surface area (Å²) >= 11 is 0. The van der Waals surface area contributed by atoms with Gasteiger partial charge in [0.25, 0.3) is 0 Å². The van der Waals surface area contributed by atoms with Gasteiger partial charge in [0, 0.05) is 45.5 Å². The maximum Gasteiger partial charge on any atom is 0.227 e. The molecule has 1 fully saturated rings. The van der Waals surface area contributed by atoms with Gasteiger partial charge in [0.15, 0.2) is 0 Å². The van der Waals surface area contributed by atoms with Gasteiger partial charge in [0.05, 0.1) is 5.69 Å². The molecule has 5 nitrogen and oxygen atoms in total. The quantitative estimate of drug-likeness (QED) is 0.635.